The zero-order chi connectivity index (χ0) is 20.2. The molecular weight excluding hydrogens is 398 g/mol. The minimum Gasteiger partial charge on any atom is -0.439 e. The van der Waals surface area contributed by atoms with Gasteiger partial charge in [-0.05, 0) is 67.8 Å². The van der Waals surface area contributed by atoms with E-state index in [0.717, 1.165) is 27.9 Å². The molecule has 1 aliphatic carbocycles. The normalized spacial score (nSPS) is 14.7. The monoisotopic (exact) mass is 425 g/mol. The van der Waals surface area contributed by atoms with Gasteiger partial charge < -0.3 is 15.4 Å². The molecule has 0 radical (unpaired) electrons. The van der Waals surface area contributed by atoms with Gasteiger partial charge >= 0.3 is 0 Å². The fourth-order valence-corrected chi connectivity index (χ4v) is 3.89. The second kappa shape index (κ2) is 9.81. The number of carbonyl (C=O) groups is 1. The Labute approximate surface area is 183 Å². The van der Waals surface area contributed by atoms with Crippen LogP contribution in [0.25, 0.3) is 10.9 Å². The van der Waals surface area contributed by atoms with E-state index < -0.39 is 0 Å². The third-order valence-corrected chi connectivity index (χ3v) is 5.41. The van der Waals surface area contributed by atoms with E-state index in [1.54, 1.807) is 0 Å². The number of carbonyl (C=O) groups excluding carboxylic acids is 1. The van der Waals surface area contributed by atoms with E-state index in [1.807, 2.05) is 43.3 Å². The second-order valence-corrected chi connectivity index (χ2v) is 7.78. The number of ether oxygens (including phenoxy) is 1. The molecule has 1 saturated carbocycles. The maximum Gasteiger partial charge on any atom is 0.219 e. The summed E-state index contributed by atoms with van der Waals surface area (Å²) < 4.78 is 5.95. The lowest BCUT2D eigenvalue weighted by Gasteiger charge is -2.14. The number of rotatable bonds is 6. The Kier molecular flexibility index (Phi) is 7.16. The Bertz CT molecular complexity index is 1000. The maximum absolute atomic E-state index is 11.3. The van der Waals surface area contributed by atoms with Crippen molar-refractivity contribution in [1.82, 2.24) is 10.3 Å². The van der Waals surface area contributed by atoms with Gasteiger partial charge in [0.15, 0.2) is 0 Å². The van der Waals surface area contributed by atoms with Crippen LogP contribution in [0.15, 0.2) is 54.6 Å². The Morgan fingerprint density at radius 3 is 2.50 bits per heavy atom. The number of hydrogen-bond donors (Lipinski definition) is 2. The number of amides is 1. The van der Waals surface area contributed by atoms with Gasteiger partial charge in [0.25, 0.3) is 0 Å². The molecule has 3 aromatic rings. The van der Waals surface area contributed by atoms with Crippen molar-refractivity contribution in [1.29, 1.82) is 0 Å². The van der Waals surface area contributed by atoms with Crippen molar-refractivity contribution in [3.05, 3.63) is 60.2 Å². The van der Waals surface area contributed by atoms with Crippen LogP contribution >= 0.6 is 12.4 Å². The molecule has 2 aromatic carbocycles. The highest BCUT2D eigenvalue weighted by Crippen LogP contribution is 2.27. The van der Waals surface area contributed by atoms with Gasteiger partial charge in [-0.1, -0.05) is 18.9 Å². The van der Waals surface area contributed by atoms with Crippen LogP contribution in [0.4, 0.5) is 5.69 Å². The molecule has 1 unspecified atom stereocenters. The molecule has 1 heterocycles. The van der Waals surface area contributed by atoms with Gasteiger partial charge in [0.05, 0.1) is 11.6 Å². The molecule has 6 heteroatoms. The van der Waals surface area contributed by atoms with E-state index in [4.69, 9.17) is 4.74 Å². The second-order valence-electron chi connectivity index (χ2n) is 7.78. The van der Waals surface area contributed by atoms with E-state index in [2.05, 4.69) is 33.8 Å². The number of benzene rings is 2. The van der Waals surface area contributed by atoms with Gasteiger partial charge in [0.1, 0.15) is 5.75 Å². The van der Waals surface area contributed by atoms with Crippen LogP contribution in [0.2, 0.25) is 0 Å². The molecular formula is C24H28ClN3O2. The van der Waals surface area contributed by atoms with Crippen LogP contribution in [-0.4, -0.2) is 16.9 Å². The molecule has 1 aromatic heterocycles. The van der Waals surface area contributed by atoms with Crippen molar-refractivity contribution < 1.29 is 9.53 Å². The fraction of sp³-hybridized carbons (Fsp3) is 0.333. The standard InChI is InChI=1S/C24H27N3O2.ClH/c1-16(25-17(2)28)18-7-13-23-19(15-18)8-14-24(27-23)29-22-11-9-21(10-12-22)26-20-5-3-4-6-20;/h7-16,20,26H,3-6H2,1-2H3,(H,25,28);1H. The Balaban J connectivity index is 0.00000256. The lowest BCUT2D eigenvalue weighted by atomic mass is 10.1. The Morgan fingerprint density at radius 2 is 1.80 bits per heavy atom. The van der Waals surface area contributed by atoms with Crippen molar-refractivity contribution in [3.8, 4) is 11.6 Å². The van der Waals surface area contributed by atoms with E-state index in [0.29, 0.717) is 11.9 Å². The number of fused-ring (bicyclic) bond motifs is 1. The van der Waals surface area contributed by atoms with Crippen LogP contribution in [0.1, 0.15) is 51.1 Å². The SMILES string of the molecule is CC(=O)NC(C)c1ccc2nc(Oc3ccc(NC4CCCC4)cc3)ccc2c1.Cl. The quantitative estimate of drug-likeness (QED) is 0.508. The number of hydrogen-bond acceptors (Lipinski definition) is 4. The predicted octanol–water partition coefficient (Wildman–Crippen LogP) is 6.00. The summed E-state index contributed by atoms with van der Waals surface area (Å²) in [6.07, 6.45) is 5.15. The summed E-state index contributed by atoms with van der Waals surface area (Å²) in [5.74, 6) is 1.30. The summed E-state index contributed by atoms with van der Waals surface area (Å²) in [5.41, 5.74) is 3.05. The number of anilines is 1. The van der Waals surface area contributed by atoms with Crippen molar-refractivity contribution >= 4 is 34.9 Å². The summed E-state index contributed by atoms with van der Waals surface area (Å²) in [4.78, 5) is 15.9. The van der Waals surface area contributed by atoms with E-state index in [1.165, 1.54) is 32.6 Å². The first-order valence-electron chi connectivity index (χ1n) is 10.3. The van der Waals surface area contributed by atoms with Crippen LogP contribution in [0, 0.1) is 0 Å². The molecule has 5 nitrogen and oxygen atoms in total. The van der Waals surface area contributed by atoms with Crippen molar-refractivity contribution in [3.63, 3.8) is 0 Å². The maximum atomic E-state index is 11.3. The average Bonchev–Trinajstić information content (AvgIpc) is 3.21. The Morgan fingerprint density at radius 1 is 1.07 bits per heavy atom. The van der Waals surface area contributed by atoms with Gasteiger partial charge in [0, 0.05) is 30.1 Å². The molecule has 1 atom stereocenters. The number of pyridine rings is 1. The van der Waals surface area contributed by atoms with Gasteiger partial charge in [-0.2, -0.15) is 0 Å². The summed E-state index contributed by atoms with van der Waals surface area (Å²) in [6, 6.07) is 18.5. The first-order chi connectivity index (χ1) is 14.1. The first-order valence-corrected chi connectivity index (χ1v) is 10.3. The van der Waals surface area contributed by atoms with Gasteiger partial charge in [-0.3, -0.25) is 4.79 Å². The number of halogens is 1. The van der Waals surface area contributed by atoms with Crippen molar-refractivity contribution in [2.75, 3.05) is 5.32 Å². The van der Waals surface area contributed by atoms with E-state index in [-0.39, 0.29) is 24.4 Å². The van der Waals surface area contributed by atoms with Gasteiger partial charge in [-0.15, -0.1) is 12.4 Å². The summed E-state index contributed by atoms with van der Waals surface area (Å²) in [7, 11) is 0. The van der Waals surface area contributed by atoms with Crippen LogP contribution in [-0.2, 0) is 4.79 Å². The largest absolute Gasteiger partial charge is 0.439 e. The van der Waals surface area contributed by atoms with E-state index in [9.17, 15) is 4.79 Å². The average molecular weight is 426 g/mol. The highest BCUT2D eigenvalue weighted by molar-refractivity contribution is 5.85. The molecule has 0 bridgehead atoms. The highest BCUT2D eigenvalue weighted by atomic mass is 35.5. The Hall–Kier alpha value is -2.79. The number of nitrogens with one attached hydrogen (secondary N) is 2. The first kappa shape index (κ1) is 21.9. The third-order valence-electron chi connectivity index (χ3n) is 5.41. The molecule has 1 fully saturated rings. The molecule has 158 valence electrons. The molecule has 2 N–H and O–H groups in total. The van der Waals surface area contributed by atoms with Crippen LogP contribution < -0.4 is 15.4 Å². The molecule has 4 rings (SSSR count). The van der Waals surface area contributed by atoms with E-state index >= 15 is 0 Å². The molecule has 1 aliphatic rings. The molecule has 0 aliphatic heterocycles. The smallest absolute Gasteiger partial charge is 0.219 e. The fourth-order valence-electron chi connectivity index (χ4n) is 3.89. The van der Waals surface area contributed by atoms with Gasteiger partial charge in [0.2, 0.25) is 11.8 Å². The zero-order valence-corrected chi connectivity index (χ0v) is 18.2. The number of nitrogens with zero attached hydrogens (tertiary/aromatic N) is 1. The van der Waals surface area contributed by atoms with Crippen molar-refractivity contribution in [2.45, 2.75) is 51.6 Å². The van der Waals surface area contributed by atoms with Crippen LogP contribution in [0.3, 0.4) is 0 Å². The topological polar surface area (TPSA) is 63.2 Å². The lowest BCUT2D eigenvalue weighted by molar-refractivity contribution is -0.119. The third kappa shape index (κ3) is 5.42. The lowest BCUT2D eigenvalue weighted by Crippen LogP contribution is -2.23. The summed E-state index contributed by atoms with van der Waals surface area (Å²) in [6.45, 7) is 3.50. The molecule has 0 spiro atoms. The number of aromatic nitrogens is 1. The molecule has 30 heavy (non-hydrogen) atoms. The predicted molar refractivity (Wildman–Crippen MR) is 124 cm³/mol. The van der Waals surface area contributed by atoms with Crippen molar-refractivity contribution in [2.24, 2.45) is 0 Å². The highest BCUT2D eigenvalue weighted by Gasteiger charge is 2.14. The summed E-state index contributed by atoms with van der Waals surface area (Å²) >= 11 is 0. The van der Waals surface area contributed by atoms with Gasteiger partial charge in [-0.25, -0.2) is 4.98 Å². The zero-order valence-electron chi connectivity index (χ0n) is 17.4. The summed E-state index contributed by atoms with van der Waals surface area (Å²) in [5, 5.41) is 7.51. The molecule has 1 amide bonds. The minimum absolute atomic E-state index is 0. The minimum atomic E-state index is -0.0380. The van der Waals surface area contributed by atoms with Crippen LogP contribution in [0.5, 0.6) is 11.6 Å². The molecule has 0 saturated heterocycles.